The van der Waals surface area contributed by atoms with Crippen molar-refractivity contribution in [2.45, 2.75) is 5.92 Å². The van der Waals surface area contributed by atoms with Crippen molar-refractivity contribution >= 4 is 7.53 Å². The van der Waals surface area contributed by atoms with Crippen LogP contribution in [-0.2, 0) is 0 Å². The van der Waals surface area contributed by atoms with Crippen molar-refractivity contribution in [2.75, 3.05) is 14.1 Å². The van der Waals surface area contributed by atoms with Crippen LogP contribution >= 0.6 is 7.53 Å². The van der Waals surface area contributed by atoms with Crippen molar-refractivity contribution in [1.82, 2.24) is 10.2 Å². The Morgan fingerprint density at radius 3 is 1.27 bits per heavy atom. The average molecular weight is 198 g/mol. The molecule has 0 spiro atoms. The zero-order valence-electron chi connectivity index (χ0n) is 5.84. The van der Waals surface area contributed by atoms with E-state index < -0.39 is 13.4 Å². The Morgan fingerprint density at radius 2 is 1.27 bits per heavy atom. The number of alkyl halides is 3. The molecule has 0 atom stereocenters. The summed E-state index contributed by atoms with van der Waals surface area (Å²) in [4.78, 5) is 0. The molecule has 0 aliphatic heterocycles. The molecule has 0 bridgehead atoms. The van der Waals surface area contributed by atoms with E-state index in [1.807, 2.05) is 0 Å². The molecule has 0 saturated heterocycles. The van der Waals surface area contributed by atoms with E-state index in [-0.39, 0.29) is 0 Å². The second kappa shape index (κ2) is 2.50. The number of hydrogen-bond donors (Lipinski definition) is 2. The minimum atomic E-state index is -6.87. The molecular formula is C3H8F5N2P. The standard InChI is InChI=1S/C3H8F5N2P/c1-9-11(7,8,10-2)3(4,5)6/h9-10H,1-2H3. The molecule has 0 rings (SSSR count). The maximum atomic E-state index is 12.6. The molecule has 0 aliphatic carbocycles. The van der Waals surface area contributed by atoms with Gasteiger partial charge in [0.1, 0.15) is 0 Å². The molecule has 0 aromatic heterocycles. The molecule has 11 heavy (non-hydrogen) atoms. The van der Waals surface area contributed by atoms with E-state index in [0.717, 1.165) is 10.2 Å². The number of nitrogens with one attached hydrogen (secondary N) is 2. The molecule has 0 amide bonds. The fourth-order valence-corrected chi connectivity index (χ4v) is 1.10. The first-order valence-electron chi connectivity index (χ1n) is 2.58. The SMILES string of the molecule is CNP(F)(F)(NC)C(F)(F)F. The normalized spacial score (nSPS) is 17.5. The Bertz CT molecular complexity index is 146. The van der Waals surface area contributed by atoms with Crippen LogP contribution in [0.2, 0.25) is 0 Å². The van der Waals surface area contributed by atoms with Crippen molar-refractivity contribution in [3.8, 4) is 0 Å². The van der Waals surface area contributed by atoms with Crippen molar-refractivity contribution in [2.24, 2.45) is 0 Å². The fourth-order valence-electron chi connectivity index (χ4n) is 0.365. The van der Waals surface area contributed by atoms with Gasteiger partial charge >= 0.3 is 59.3 Å². The van der Waals surface area contributed by atoms with Crippen LogP contribution < -0.4 is 10.2 Å². The molecule has 0 fully saturated rings. The first kappa shape index (κ1) is 11.0. The molecule has 70 valence electrons. The summed E-state index contributed by atoms with van der Waals surface area (Å²) in [5, 5.41) is 2.01. The Labute approximate surface area is 60.4 Å². The van der Waals surface area contributed by atoms with Crippen LogP contribution in [0.15, 0.2) is 0 Å². The van der Waals surface area contributed by atoms with Gasteiger partial charge in [0.05, 0.1) is 0 Å². The van der Waals surface area contributed by atoms with Crippen molar-refractivity contribution < 1.29 is 21.6 Å². The second-order valence-corrected chi connectivity index (χ2v) is 5.04. The zero-order valence-corrected chi connectivity index (χ0v) is 6.73. The third-order valence-electron chi connectivity index (χ3n) is 1.23. The zero-order chi connectivity index (χ0) is 9.36. The molecule has 2 N–H and O–H groups in total. The predicted molar refractivity (Wildman–Crippen MR) is 33.3 cm³/mol. The summed E-state index contributed by atoms with van der Waals surface area (Å²) < 4.78 is 60.1. The summed E-state index contributed by atoms with van der Waals surface area (Å²) in [5.74, 6) is -5.53. The molecule has 0 aliphatic rings. The monoisotopic (exact) mass is 198 g/mol. The van der Waals surface area contributed by atoms with Gasteiger partial charge in [-0.3, -0.25) is 0 Å². The molecule has 0 saturated carbocycles. The van der Waals surface area contributed by atoms with Crippen molar-refractivity contribution in [3.05, 3.63) is 0 Å². The molecule has 8 heteroatoms. The van der Waals surface area contributed by atoms with Gasteiger partial charge in [-0.25, -0.2) is 0 Å². The molecule has 0 aromatic carbocycles. The van der Waals surface area contributed by atoms with Gasteiger partial charge in [-0.05, 0) is 0 Å². The topological polar surface area (TPSA) is 24.1 Å². The van der Waals surface area contributed by atoms with Crippen LogP contribution in [0.4, 0.5) is 21.6 Å². The van der Waals surface area contributed by atoms with Gasteiger partial charge in [0.15, 0.2) is 0 Å². The summed E-state index contributed by atoms with van der Waals surface area (Å²) in [6.07, 6.45) is 0. The third-order valence-corrected chi connectivity index (χ3v) is 3.69. The van der Waals surface area contributed by atoms with E-state index >= 15 is 0 Å². The van der Waals surface area contributed by atoms with Gasteiger partial charge < -0.3 is 0 Å². The quantitative estimate of drug-likeness (QED) is 0.524. The van der Waals surface area contributed by atoms with Crippen LogP contribution in [0.1, 0.15) is 0 Å². The summed E-state index contributed by atoms with van der Waals surface area (Å²) in [5.41, 5.74) is 0. The number of halogens is 5. The predicted octanol–water partition coefficient (Wildman–Crippen LogP) is 2.10. The van der Waals surface area contributed by atoms with E-state index in [9.17, 15) is 21.6 Å². The van der Waals surface area contributed by atoms with E-state index in [1.165, 1.54) is 0 Å². The van der Waals surface area contributed by atoms with Crippen LogP contribution in [0.3, 0.4) is 0 Å². The van der Waals surface area contributed by atoms with E-state index in [0.29, 0.717) is 14.1 Å². The first-order chi connectivity index (χ1) is 4.66. The van der Waals surface area contributed by atoms with Crippen LogP contribution in [0.25, 0.3) is 0 Å². The Morgan fingerprint density at radius 1 is 1.00 bits per heavy atom. The number of rotatable bonds is 2. The second-order valence-electron chi connectivity index (χ2n) is 1.82. The Hall–Kier alpha value is -0.0000000000000000278. The van der Waals surface area contributed by atoms with Crippen LogP contribution in [-0.4, -0.2) is 20.0 Å². The number of hydrogen-bond acceptors (Lipinski definition) is 2. The minimum absolute atomic E-state index is 0.571. The fraction of sp³-hybridized carbons (Fsp3) is 1.00. The van der Waals surface area contributed by atoms with Crippen molar-refractivity contribution in [3.63, 3.8) is 0 Å². The van der Waals surface area contributed by atoms with Gasteiger partial charge in [-0.1, -0.05) is 0 Å². The summed E-state index contributed by atoms with van der Waals surface area (Å²) >= 11 is 0. The first-order valence-corrected chi connectivity index (χ1v) is 4.59. The average Bonchev–Trinajstić information content (AvgIpc) is 1.86. The summed E-state index contributed by atoms with van der Waals surface area (Å²) in [6.45, 7) is 0. The van der Waals surface area contributed by atoms with E-state index in [4.69, 9.17) is 0 Å². The van der Waals surface area contributed by atoms with Gasteiger partial charge in [0.25, 0.3) is 0 Å². The summed E-state index contributed by atoms with van der Waals surface area (Å²) in [6, 6.07) is 0. The summed E-state index contributed by atoms with van der Waals surface area (Å²) in [7, 11) is -5.72. The van der Waals surface area contributed by atoms with Crippen LogP contribution in [0, 0.1) is 0 Å². The van der Waals surface area contributed by atoms with Crippen LogP contribution in [0.5, 0.6) is 0 Å². The van der Waals surface area contributed by atoms with Gasteiger partial charge in [0.2, 0.25) is 0 Å². The van der Waals surface area contributed by atoms with Gasteiger partial charge in [-0.2, -0.15) is 0 Å². The van der Waals surface area contributed by atoms with Gasteiger partial charge in [-0.15, -0.1) is 0 Å². The molecule has 0 unspecified atom stereocenters. The van der Waals surface area contributed by atoms with E-state index in [1.54, 1.807) is 0 Å². The third kappa shape index (κ3) is 1.60. The van der Waals surface area contributed by atoms with Gasteiger partial charge in [0, 0.05) is 0 Å². The Balaban J connectivity index is 4.89. The maximum absolute atomic E-state index is 12.6. The molecule has 0 radical (unpaired) electrons. The molecule has 0 aromatic rings. The molecule has 2 nitrogen and oxygen atoms in total. The van der Waals surface area contributed by atoms with E-state index in [2.05, 4.69) is 0 Å². The molecular weight excluding hydrogens is 190 g/mol. The molecule has 0 heterocycles. The van der Waals surface area contributed by atoms with Crippen molar-refractivity contribution in [1.29, 1.82) is 0 Å². The Kier molecular flexibility index (Phi) is 2.50.